The summed E-state index contributed by atoms with van der Waals surface area (Å²) in [5.41, 5.74) is 0. The molecule has 0 saturated carbocycles. The first kappa shape index (κ1) is 9.93. The molecule has 1 fully saturated rings. The number of hydrogen-bond acceptors (Lipinski definition) is 4. The second-order valence-corrected chi connectivity index (χ2v) is 4.70. The van der Waals surface area contributed by atoms with Gasteiger partial charge in [0.05, 0.1) is 17.5 Å². The van der Waals surface area contributed by atoms with Gasteiger partial charge in [0.25, 0.3) is 0 Å². The molecular weight excluding hydrogens is 196 g/mol. The van der Waals surface area contributed by atoms with Gasteiger partial charge >= 0.3 is 0 Å². The molecule has 0 atom stereocenters. The Labute approximate surface area is 88.7 Å². The average molecular weight is 212 g/mol. The molecule has 2 heterocycles. The van der Waals surface area contributed by atoms with E-state index in [1.54, 1.807) is 18.4 Å². The third-order valence-corrected chi connectivity index (χ3v) is 3.76. The Morgan fingerprint density at radius 2 is 2.21 bits per heavy atom. The third-order valence-electron chi connectivity index (χ3n) is 2.78. The monoisotopic (exact) mass is 212 g/mol. The van der Waals surface area contributed by atoms with Crippen molar-refractivity contribution in [3.63, 3.8) is 0 Å². The number of rotatable bonds is 2. The molecule has 4 heteroatoms. The molecule has 14 heavy (non-hydrogen) atoms. The highest BCUT2D eigenvalue weighted by atomic mass is 32.1. The zero-order chi connectivity index (χ0) is 9.97. The fraction of sp³-hybridized carbons (Fsp3) is 0.700. The lowest BCUT2D eigenvalue weighted by atomic mass is 9.98. The predicted molar refractivity (Wildman–Crippen MR) is 58.1 cm³/mol. The number of thiazole rings is 1. The van der Waals surface area contributed by atoms with Gasteiger partial charge in [-0.05, 0) is 33.0 Å². The van der Waals surface area contributed by atoms with E-state index in [0.717, 1.165) is 5.88 Å². The first-order valence-electron chi connectivity index (χ1n) is 4.97. The Morgan fingerprint density at radius 3 is 2.79 bits per heavy atom. The highest BCUT2D eigenvalue weighted by Crippen LogP contribution is 2.31. The Morgan fingerprint density at radius 1 is 1.50 bits per heavy atom. The number of nitrogens with zero attached hydrogens (tertiary/aromatic N) is 2. The molecule has 0 unspecified atom stereocenters. The molecule has 0 amide bonds. The summed E-state index contributed by atoms with van der Waals surface area (Å²) >= 11 is 1.73. The van der Waals surface area contributed by atoms with Crippen molar-refractivity contribution in [1.82, 2.24) is 9.88 Å². The van der Waals surface area contributed by atoms with Gasteiger partial charge < -0.3 is 9.64 Å². The summed E-state index contributed by atoms with van der Waals surface area (Å²) in [6.45, 7) is 2.37. The van der Waals surface area contributed by atoms with Crippen LogP contribution in [0, 0.1) is 0 Å². The van der Waals surface area contributed by atoms with Crippen LogP contribution in [0.25, 0.3) is 0 Å². The van der Waals surface area contributed by atoms with E-state index in [4.69, 9.17) is 4.74 Å². The van der Waals surface area contributed by atoms with Crippen LogP contribution < -0.4 is 4.74 Å². The normalized spacial score (nSPS) is 19.9. The first-order chi connectivity index (χ1) is 6.79. The van der Waals surface area contributed by atoms with Crippen LogP contribution in [0.15, 0.2) is 5.38 Å². The van der Waals surface area contributed by atoms with Crippen molar-refractivity contribution in [2.24, 2.45) is 0 Å². The van der Waals surface area contributed by atoms with Gasteiger partial charge in [0.15, 0.2) is 0 Å². The number of methoxy groups -OCH3 is 1. The molecular formula is C10H16N2OS. The lowest BCUT2D eigenvalue weighted by Crippen LogP contribution is -2.29. The number of aromatic nitrogens is 1. The summed E-state index contributed by atoms with van der Waals surface area (Å²) < 4.78 is 5.10. The smallest absolute Gasteiger partial charge is 0.224 e. The molecule has 1 aromatic heterocycles. The molecule has 1 saturated heterocycles. The van der Waals surface area contributed by atoms with Crippen LogP contribution in [0.1, 0.15) is 23.8 Å². The van der Waals surface area contributed by atoms with Crippen molar-refractivity contribution in [1.29, 1.82) is 0 Å². The average Bonchev–Trinajstić information content (AvgIpc) is 2.67. The highest BCUT2D eigenvalue weighted by Gasteiger charge is 2.21. The van der Waals surface area contributed by atoms with Gasteiger partial charge in [-0.1, -0.05) is 0 Å². The molecule has 0 aromatic carbocycles. The van der Waals surface area contributed by atoms with Crippen LogP contribution in [-0.4, -0.2) is 37.1 Å². The molecule has 0 N–H and O–H groups in total. The summed E-state index contributed by atoms with van der Waals surface area (Å²) in [5.74, 6) is 1.42. The highest BCUT2D eigenvalue weighted by molar-refractivity contribution is 7.09. The lowest BCUT2D eigenvalue weighted by Gasteiger charge is -2.27. The van der Waals surface area contributed by atoms with E-state index in [-0.39, 0.29) is 0 Å². The second-order valence-electron chi connectivity index (χ2n) is 3.81. The number of likely N-dealkylation sites (tertiary alicyclic amines) is 1. The minimum Gasteiger partial charge on any atom is -0.480 e. The molecule has 1 aliphatic heterocycles. The molecule has 0 radical (unpaired) electrons. The van der Waals surface area contributed by atoms with Gasteiger partial charge in [0.1, 0.15) is 0 Å². The van der Waals surface area contributed by atoms with E-state index in [0.29, 0.717) is 5.92 Å². The molecule has 3 nitrogen and oxygen atoms in total. The van der Waals surface area contributed by atoms with Crippen molar-refractivity contribution in [2.45, 2.75) is 18.8 Å². The van der Waals surface area contributed by atoms with Crippen LogP contribution in [-0.2, 0) is 0 Å². The van der Waals surface area contributed by atoms with Crippen LogP contribution in [0.4, 0.5) is 0 Å². The van der Waals surface area contributed by atoms with Crippen molar-refractivity contribution in [2.75, 3.05) is 27.2 Å². The maximum Gasteiger partial charge on any atom is 0.224 e. The summed E-state index contributed by atoms with van der Waals surface area (Å²) in [7, 11) is 3.85. The Balaban J connectivity index is 2.01. The summed E-state index contributed by atoms with van der Waals surface area (Å²) in [6, 6.07) is 0. The summed E-state index contributed by atoms with van der Waals surface area (Å²) in [5, 5.41) is 3.24. The van der Waals surface area contributed by atoms with Crippen LogP contribution in [0.2, 0.25) is 0 Å². The zero-order valence-corrected chi connectivity index (χ0v) is 9.51. The van der Waals surface area contributed by atoms with Crippen LogP contribution in [0.5, 0.6) is 5.88 Å². The van der Waals surface area contributed by atoms with Gasteiger partial charge in [0, 0.05) is 5.92 Å². The molecule has 2 rings (SSSR count). The molecule has 0 aliphatic carbocycles. The zero-order valence-electron chi connectivity index (χ0n) is 8.69. The van der Waals surface area contributed by atoms with E-state index in [9.17, 15) is 0 Å². The minimum atomic E-state index is 0.653. The SMILES string of the molecule is COc1csc(C2CCN(C)CC2)n1. The third kappa shape index (κ3) is 2.07. The quantitative estimate of drug-likeness (QED) is 0.749. The fourth-order valence-corrected chi connectivity index (χ4v) is 2.75. The Bertz CT molecular complexity index is 292. The number of hydrogen-bond donors (Lipinski definition) is 0. The standard InChI is InChI=1S/C10H16N2OS/c1-12-5-3-8(4-6-12)10-11-9(13-2)7-14-10/h7-8H,3-6H2,1-2H3. The molecule has 1 aromatic rings. The van der Waals surface area contributed by atoms with Gasteiger partial charge in [-0.2, -0.15) is 0 Å². The van der Waals surface area contributed by atoms with Gasteiger partial charge in [-0.15, -0.1) is 11.3 Å². The van der Waals surface area contributed by atoms with E-state index < -0.39 is 0 Å². The first-order valence-corrected chi connectivity index (χ1v) is 5.85. The molecule has 0 bridgehead atoms. The Hall–Kier alpha value is -0.610. The van der Waals surface area contributed by atoms with Gasteiger partial charge in [0.2, 0.25) is 5.88 Å². The van der Waals surface area contributed by atoms with Crippen molar-refractivity contribution < 1.29 is 4.74 Å². The van der Waals surface area contributed by atoms with Crippen LogP contribution >= 0.6 is 11.3 Å². The van der Waals surface area contributed by atoms with Gasteiger partial charge in [-0.25, -0.2) is 4.98 Å². The lowest BCUT2D eigenvalue weighted by molar-refractivity contribution is 0.254. The van der Waals surface area contributed by atoms with E-state index in [2.05, 4.69) is 16.9 Å². The van der Waals surface area contributed by atoms with E-state index in [1.807, 2.05) is 5.38 Å². The number of piperidine rings is 1. The fourth-order valence-electron chi connectivity index (χ4n) is 1.81. The predicted octanol–water partition coefficient (Wildman–Crippen LogP) is 1.96. The van der Waals surface area contributed by atoms with Crippen molar-refractivity contribution in [3.8, 4) is 5.88 Å². The maximum absolute atomic E-state index is 5.10. The largest absolute Gasteiger partial charge is 0.480 e. The van der Waals surface area contributed by atoms with Crippen molar-refractivity contribution >= 4 is 11.3 Å². The second kappa shape index (κ2) is 4.28. The number of ether oxygens (including phenoxy) is 1. The topological polar surface area (TPSA) is 25.4 Å². The molecule has 0 spiro atoms. The summed E-state index contributed by atoms with van der Waals surface area (Å²) in [4.78, 5) is 6.83. The van der Waals surface area contributed by atoms with Crippen LogP contribution in [0.3, 0.4) is 0 Å². The molecule has 78 valence electrons. The summed E-state index contributed by atoms with van der Waals surface area (Å²) in [6.07, 6.45) is 2.46. The van der Waals surface area contributed by atoms with E-state index >= 15 is 0 Å². The Kier molecular flexibility index (Phi) is 3.03. The minimum absolute atomic E-state index is 0.653. The molecule has 1 aliphatic rings. The van der Waals surface area contributed by atoms with Gasteiger partial charge in [-0.3, -0.25) is 0 Å². The van der Waals surface area contributed by atoms with Crippen molar-refractivity contribution in [3.05, 3.63) is 10.4 Å². The maximum atomic E-state index is 5.10. The van der Waals surface area contributed by atoms with E-state index in [1.165, 1.54) is 30.9 Å².